The smallest absolute Gasteiger partial charge is 0.258 e. The molecule has 1 aliphatic rings. The second-order valence-electron chi connectivity index (χ2n) is 11.3. The van der Waals surface area contributed by atoms with Crippen LogP contribution in [0.4, 0.5) is 0 Å². The molecule has 1 saturated heterocycles. The summed E-state index contributed by atoms with van der Waals surface area (Å²) in [5.74, 6) is 0.328. The van der Waals surface area contributed by atoms with Crippen LogP contribution in [0.2, 0.25) is 5.02 Å². The van der Waals surface area contributed by atoms with Crippen molar-refractivity contribution < 1.29 is 14.3 Å². The quantitative estimate of drug-likeness (QED) is 0.122. The molecule has 44 heavy (non-hydrogen) atoms. The van der Waals surface area contributed by atoms with Crippen LogP contribution in [0.1, 0.15) is 41.3 Å². The number of para-hydroxylation sites is 1. The largest absolute Gasteiger partial charge is 0.488 e. The number of halogens is 1. The van der Waals surface area contributed by atoms with E-state index in [9.17, 15) is 9.59 Å². The van der Waals surface area contributed by atoms with Gasteiger partial charge in [-0.2, -0.15) is 0 Å². The predicted octanol–water partition coefficient (Wildman–Crippen LogP) is 5.62. The minimum atomic E-state index is -0.211. The van der Waals surface area contributed by atoms with Crippen molar-refractivity contribution in [1.82, 2.24) is 15.1 Å². The van der Waals surface area contributed by atoms with Crippen molar-refractivity contribution in [2.24, 2.45) is 5.73 Å². The van der Waals surface area contributed by atoms with Gasteiger partial charge < -0.3 is 25.6 Å². The van der Waals surface area contributed by atoms with Crippen LogP contribution in [0.15, 0.2) is 91.0 Å². The Balaban J connectivity index is 1.32. The molecule has 4 N–H and O–H groups in total. The second kappa shape index (κ2) is 14.3. The number of rotatable bonds is 10. The summed E-state index contributed by atoms with van der Waals surface area (Å²) in [4.78, 5) is 31.6. The van der Waals surface area contributed by atoms with E-state index in [0.717, 1.165) is 21.9 Å². The highest BCUT2D eigenvalue weighted by Crippen LogP contribution is 2.27. The molecule has 0 aromatic heterocycles. The first-order chi connectivity index (χ1) is 21.3. The van der Waals surface area contributed by atoms with E-state index in [-0.39, 0.29) is 29.9 Å². The minimum absolute atomic E-state index is 0.0402. The summed E-state index contributed by atoms with van der Waals surface area (Å²) in [5, 5.41) is 13.2. The maximum atomic E-state index is 14.1. The number of nitrogens with two attached hydrogens (primary N) is 1. The maximum Gasteiger partial charge on any atom is 0.258 e. The summed E-state index contributed by atoms with van der Waals surface area (Å²) >= 11 is 6.02. The average molecular weight is 612 g/mol. The number of piperazine rings is 1. The van der Waals surface area contributed by atoms with Crippen LogP contribution in [-0.2, 0) is 17.8 Å². The van der Waals surface area contributed by atoms with E-state index in [2.05, 4.69) is 29.6 Å². The first-order valence-corrected chi connectivity index (χ1v) is 15.3. The lowest BCUT2D eigenvalue weighted by Crippen LogP contribution is -2.60. The molecular weight excluding hydrogens is 574 g/mol. The summed E-state index contributed by atoms with van der Waals surface area (Å²) < 4.78 is 6.12. The first-order valence-electron chi connectivity index (χ1n) is 14.9. The molecule has 8 nitrogen and oxygen atoms in total. The Morgan fingerprint density at radius 2 is 1.64 bits per heavy atom. The molecule has 4 aromatic carbocycles. The molecule has 1 heterocycles. The van der Waals surface area contributed by atoms with E-state index in [0.29, 0.717) is 61.8 Å². The Hall–Kier alpha value is -4.56. The zero-order chi connectivity index (χ0) is 31.1. The number of hydrogen-bond acceptors (Lipinski definition) is 4. The van der Waals surface area contributed by atoms with Crippen LogP contribution in [0.3, 0.4) is 0 Å². The number of carbonyl (C=O) groups excluding carboxylic acids is 2. The molecule has 5 rings (SSSR count). The molecule has 0 saturated carbocycles. The molecule has 1 fully saturated rings. The molecule has 2 amide bonds. The van der Waals surface area contributed by atoms with Gasteiger partial charge in [0.05, 0.1) is 12.0 Å². The van der Waals surface area contributed by atoms with Crippen LogP contribution >= 0.6 is 11.6 Å². The Labute approximate surface area is 263 Å². The van der Waals surface area contributed by atoms with Crippen molar-refractivity contribution in [3.05, 3.63) is 113 Å². The Bertz CT molecular complexity index is 1630. The van der Waals surface area contributed by atoms with E-state index in [1.54, 1.807) is 6.07 Å². The number of fused-ring (bicyclic) bond motifs is 1. The number of hydrogen-bond donors (Lipinski definition) is 3. The average Bonchev–Trinajstić information content (AvgIpc) is 3.03. The lowest BCUT2D eigenvalue weighted by molar-refractivity contribution is -0.136. The van der Waals surface area contributed by atoms with Crippen LogP contribution < -0.4 is 15.8 Å². The highest BCUT2D eigenvalue weighted by atomic mass is 35.5. The van der Waals surface area contributed by atoms with Crippen LogP contribution in [0, 0.1) is 5.41 Å². The van der Waals surface area contributed by atoms with Gasteiger partial charge in [-0.1, -0.05) is 78.3 Å². The second-order valence-corrected chi connectivity index (χ2v) is 11.7. The van der Waals surface area contributed by atoms with Crippen molar-refractivity contribution in [1.29, 1.82) is 5.41 Å². The summed E-state index contributed by atoms with van der Waals surface area (Å²) in [7, 11) is 0. The van der Waals surface area contributed by atoms with Gasteiger partial charge in [0.1, 0.15) is 12.4 Å². The Kier molecular flexibility index (Phi) is 10.0. The van der Waals surface area contributed by atoms with Gasteiger partial charge in [0.25, 0.3) is 5.91 Å². The molecule has 2 atom stereocenters. The monoisotopic (exact) mass is 611 g/mol. The van der Waals surface area contributed by atoms with Crippen LogP contribution in [-0.4, -0.2) is 59.3 Å². The van der Waals surface area contributed by atoms with Crippen molar-refractivity contribution in [3.8, 4) is 5.75 Å². The van der Waals surface area contributed by atoms with Crippen molar-refractivity contribution in [3.63, 3.8) is 0 Å². The van der Waals surface area contributed by atoms with Gasteiger partial charge in [0, 0.05) is 36.7 Å². The highest BCUT2D eigenvalue weighted by Gasteiger charge is 2.37. The summed E-state index contributed by atoms with van der Waals surface area (Å²) in [5.41, 5.74) is 7.87. The molecular formula is C35H38ClN5O3. The molecule has 0 radical (unpaired) electrons. The molecule has 4 aromatic rings. The van der Waals surface area contributed by atoms with Gasteiger partial charge in [-0.3, -0.25) is 15.0 Å². The van der Waals surface area contributed by atoms with Crippen molar-refractivity contribution >= 4 is 40.1 Å². The Morgan fingerprint density at radius 3 is 2.41 bits per heavy atom. The van der Waals surface area contributed by atoms with Gasteiger partial charge in [0.2, 0.25) is 5.91 Å². The summed E-state index contributed by atoms with van der Waals surface area (Å²) in [6, 6.07) is 28.6. The fourth-order valence-corrected chi connectivity index (χ4v) is 5.86. The molecule has 1 aliphatic heterocycles. The third kappa shape index (κ3) is 7.68. The molecule has 228 valence electrons. The lowest BCUT2D eigenvalue weighted by atomic mass is 9.99. The van der Waals surface area contributed by atoms with Gasteiger partial charge in [0.15, 0.2) is 5.96 Å². The molecule has 0 bridgehead atoms. The van der Waals surface area contributed by atoms with Gasteiger partial charge in [-0.25, -0.2) is 0 Å². The predicted molar refractivity (Wildman–Crippen MR) is 175 cm³/mol. The number of ether oxygens (including phenoxy) is 1. The van der Waals surface area contributed by atoms with Crippen LogP contribution in [0.5, 0.6) is 5.75 Å². The van der Waals surface area contributed by atoms with E-state index in [4.69, 9.17) is 27.5 Å². The van der Waals surface area contributed by atoms with E-state index < -0.39 is 0 Å². The van der Waals surface area contributed by atoms with Gasteiger partial charge in [-0.05, 0) is 65.9 Å². The van der Waals surface area contributed by atoms with Crippen molar-refractivity contribution in [2.75, 3.05) is 19.6 Å². The zero-order valence-corrected chi connectivity index (χ0v) is 25.6. The third-order valence-electron chi connectivity index (χ3n) is 8.05. The fourth-order valence-electron chi connectivity index (χ4n) is 5.73. The SMILES string of the molecule is C[C@@H]1CN(C(=O)c2ccccc2OCc2ccc(Cl)cc2)[C@@H](CCCNC(=N)N)CN1C(=O)Cc1ccc2ccccc2c1. The number of nitrogens with zero attached hydrogens (tertiary/aromatic N) is 2. The third-order valence-corrected chi connectivity index (χ3v) is 8.30. The number of guanidine groups is 1. The van der Waals surface area contributed by atoms with E-state index in [1.807, 2.05) is 77.4 Å². The molecule has 0 aliphatic carbocycles. The summed E-state index contributed by atoms with van der Waals surface area (Å²) in [6.07, 6.45) is 1.62. The molecule has 0 unspecified atom stereocenters. The number of carbonyl (C=O) groups is 2. The minimum Gasteiger partial charge on any atom is -0.488 e. The first kappa shape index (κ1) is 30.9. The standard InChI is InChI=1S/C35H38ClN5O3/c1-24-21-41(34(43)31-10-4-5-11-32(31)44-23-25-13-16-29(36)17-14-25)30(9-6-18-39-35(37)38)22-40(24)33(42)20-26-12-15-27-7-2-3-8-28(27)19-26/h2-5,7-8,10-17,19,24,30H,6,9,18,20-23H2,1H3,(H4,37,38,39)/t24-,30+/m1/s1. The number of benzene rings is 4. The normalized spacial score (nSPS) is 16.5. The summed E-state index contributed by atoms with van der Waals surface area (Å²) in [6.45, 7) is 3.63. The van der Waals surface area contributed by atoms with Gasteiger partial charge in [-0.15, -0.1) is 0 Å². The van der Waals surface area contributed by atoms with Crippen molar-refractivity contribution in [2.45, 2.75) is 44.9 Å². The van der Waals surface area contributed by atoms with E-state index >= 15 is 0 Å². The highest BCUT2D eigenvalue weighted by molar-refractivity contribution is 6.30. The fraction of sp³-hybridized carbons (Fsp3) is 0.286. The lowest BCUT2D eigenvalue weighted by Gasteiger charge is -2.45. The number of amides is 2. The van der Waals surface area contributed by atoms with Gasteiger partial charge >= 0.3 is 0 Å². The molecule has 0 spiro atoms. The maximum absolute atomic E-state index is 14.1. The van der Waals surface area contributed by atoms with Crippen LogP contribution in [0.25, 0.3) is 10.8 Å². The topological polar surface area (TPSA) is 112 Å². The Morgan fingerprint density at radius 1 is 0.932 bits per heavy atom. The number of nitrogens with one attached hydrogen (secondary N) is 2. The zero-order valence-electron chi connectivity index (χ0n) is 24.8. The van der Waals surface area contributed by atoms with E-state index in [1.165, 1.54) is 0 Å². The molecule has 9 heteroatoms.